The Morgan fingerprint density at radius 3 is 2.43 bits per heavy atom. The second kappa shape index (κ2) is 11.2. The van der Waals surface area contributed by atoms with E-state index in [4.69, 9.17) is 4.74 Å². The standard InChI is InChI=1S/C20H25F3N4OS.HI/c1-14-3-6-17(29-14)13-26-19(24-2)25-12-15-4-5-16(11-18(15)20(21,22)23)27-7-9-28-10-8-27;/h3-6,11H,7-10,12-13H2,1-2H3,(H2,24,25,26);1H. The van der Waals surface area contributed by atoms with Gasteiger partial charge in [0, 0.05) is 42.1 Å². The first-order valence-electron chi connectivity index (χ1n) is 9.39. The molecule has 0 atom stereocenters. The number of ether oxygens (including phenoxy) is 1. The van der Waals surface area contributed by atoms with Crippen LogP contribution >= 0.6 is 35.3 Å². The average Bonchev–Trinajstić information content (AvgIpc) is 3.13. The van der Waals surface area contributed by atoms with Gasteiger partial charge < -0.3 is 20.3 Å². The fourth-order valence-corrected chi connectivity index (χ4v) is 3.98. The van der Waals surface area contributed by atoms with E-state index in [1.54, 1.807) is 24.5 Å². The van der Waals surface area contributed by atoms with E-state index in [1.165, 1.54) is 17.0 Å². The Morgan fingerprint density at radius 1 is 1.13 bits per heavy atom. The molecule has 0 saturated carbocycles. The number of guanidine groups is 1. The lowest BCUT2D eigenvalue weighted by molar-refractivity contribution is -0.138. The van der Waals surface area contributed by atoms with Crippen LogP contribution < -0.4 is 15.5 Å². The van der Waals surface area contributed by atoms with Crippen LogP contribution in [0.5, 0.6) is 0 Å². The summed E-state index contributed by atoms with van der Waals surface area (Å²) in [6.07, 6.45) is -4.43. The van der Waals surface area contributed by atoms with Gasteiger partial charge in [-0.25, -0.2) is 0 Å². The Bertz CT molecular complexity index is 851. The van der Waals surface area contributed by atoms with Crippen molar-refractivity contribution in [3.05, 3.63) is 51.2 Å². The number of benzene rings is 1. The molecule has 30 heavy (non-hydrogen) atoms. The van der Waals surface area contributed by atoms with Crippen LogP contribution in [-0.2, 0) is 24.0 Å². The number of aliphatic imine (C=N–C) groups is 1. The second-order valence-corrected chi connectivity index (χ2v) is 8.10. The van der Waals surface area contributed by atoms with Gasteiger partial charge in [0.25, 0.3) is 0 Å². The van der Waals surface area contributed by atoms with E-state index in [1.807, 2.05) is 24.0 Å². The maximum Gasteiger partial charge on any atom is 0.416 e. The van der Waals surface area contributed by atoms with E-state index in [2.05, 4.69) is 15.6 Å². The Morgan fingerprint density at radius 2 is 1.83 bits per heavy atom. The third-order valence-corrected chi connectivity index (χ3v) is 5.67. The monoisotopic (exact) mass is 554 g/mol. The zero-order valence-corrected chi connectivity index (χ0v) is 20.0. The fraction of sp³-hybridized carbons (Fsp3) is 0.450. The van der Waals surface area contributed by atoms with E-state index >= 15 is 0 Å². The van der Waals surface area contributed by atoms with E-state index in [-0.39, 0.29) is 36.1 Å². The van der Waals surface area contributed by atoms with Crippen LogP contribution in [0.3, 0.4) is 0 Å². The minimum Gasteiger partial charge on any atom is -0.378 e. The van der Waals surface area contributed by atoms with Gasteiger partial charge in [-0.2, -0.15) is 13.2 Å². The highest BCUT2D eigenvalue weighted by Gasteiger charge is 2.34. The molecule has 10 heteroatoms. The van der Waals surface area contributed by atoms with Crippen molar-refractivity contribution in [3.8, 4) is 0 Å². The summed E-state index contributed by atoms with van der Waals surface area (Å²) >= 11 is 1.67. The Labute approximate surface area is 195 Å². The molecule has 2 heterocycles. The van der Waals surface area contributed by atoms with Crippen LogP contribution in [0.4, 0.5) is 18.9 Å². The molecule has 0 amide bonds. The molecule has 2 aromatic rings. The van der Waals surface area contributed by atoms with Crippen LogP contribution in [0.2, 0.25) is 0 Å². The van der Waals surface area contributed by atoms with Gasteiger partial charge in [-0.3, -0.25) is 4.99 Å². The lowest BCUT2D eigenvalue weighted by atomic mass is 10.0. The largest absolute Gasteiger partial charge is 0.416 e. The number of halogens is 4. The predicted molar refractivity (Wildman–Crippen MR) is 126 cm³/mol. The third kappa shape index (κ3) is 6.74. The molecule has 0 unspecified atom stereocenters. The highest BCUT2D eigenvalue weighted by molar-refractivity contribution is 14.0. The van der Waals surface area contributed by atoms with Gasteiger partial charge >= 0.3 is 6.18 Å². The SMILES string of the molecule is CN=C(NCc1ccc(C)s1)NCc1ccc(N2CCOCC2)cc1C(F)(F)F.I. The molecule has 0 bridgehead atoms. The summed E-state index contributed by atoms with van der Waals surface area (Å²) in [5.41, 5.74) is 0.128. The van der Waals surface area contributed by atoms with Crippen LogP contribution in [0.15, 0.2) is 35.3 Å². The smallest absolute Gasteiger partial charge is 0.378 e. The first-order valence-corrected chi connectivity index (χ1v) is 10.2. The lowest BCUT2D eigenvalue weighted by Gasteiger charge is -2.29. The summed E-state index contributed by atoms with van der Waals surface area (Å²) in [5.74, 6) is 0.460. The molecular weight excluding hydrogens is 528 g/mol. The van der Waals surface area contributed by atoms with Gasteiger partial charge in [0.15, 0.2) is 5.96 Å². The minimum absolute atomic E-state index is 0. The number of aryl methyl sites for hydroxylation is 1. The van der Waals surface area contributed by atoms with Crippen molar-refractivity contribution in [2.45, 2.75) is 26.2 Å². The van der Waals surface area contributed by atoms with Crippen molar-refractivity contribution >= 4 is 47.0 Å². The number of thiophene rings is 1. The summed E-state index contributed by atoms with van der Waals surface area (Å²) in [6.45, 7) is 4.86. The van der Waals surface area contributed by atoms with Gasteiger partial charge in [-0.05, 0) is 36.8 Å². The molecule has 1 aliphatic heterocycles. The number of morpholine rings is 1. The van der Waals surface area contributed by atoms with Gasteiger partial charge in [0.1, 0.15) is 0 Å². The average molecular weight is 554 g/mol. The first-order chi connectivity index (χ1) is 13.9. The molecule has 0 spiro atoms. The highest BCUT2D eigenvalue weighted by atomic mass is 127. The van der Waals surface area contributed by atoms with E-state index in [9.17, 15) is 13.2 Å². The predicted octanol–water partition coefficient (Wildman–Crippen LogP) is 4.40. The highest BCUT2D eigenvalue weighted by Crippen LogP contribution is 2.35. The molecule has 1 aliphatic rings. The van der Waals surface area contributed by atoms with Gasteiger partial charge in [-0.1, -0.05) is 6.07 Å². The molecule has 1 aromatic carbocycles. The van der Waals surface area contributed by atoms with Crippen molar-refractivity contribution in [2.75, 3.05) is 38.3 Å². The number of hydrogen-bond donors (Lipinski definition) is 2. The molecule has 0 aliphatic carbocycles. The lowest BCUT2D eigenvalue weighted by Crippen LogP contribution is -2.37. The van der Waals surface area contributed by atoms with Crippen LogP contribution in [0, 0.1) is 6.92 Å². The van der Waals surface area contributed by atoms with Crippen molar-refractivity contribution in [1.82, 2.24) is 10.6 Å². The third-order valence-electron chi connectivity index (χ3n) is 4.67. The molecule has 0 radical (unpaired) electrons. The molecule has 2 N–H and O–H groups in total. The quantitative estimate of drug-likeness (QED) is 0.327. The Kier molecular flexibility index (Phi) is 9.23. The zero-order valence-electron chi connectivity index (χ0n) is 16.9. The number of hydrogen-bond acceptors (Lipinski definition) is 4. The first kappa shape index (κ1) is 24.7. The van der Waals surface area contributed by atoms with Crippen molar-refractivity contribution in [2.24, 2.45) is 4.99 Å². The molecular formula is C20H26F3IN4OS. The van der Waals surface area contributed by atoms with Crippen molar-refractivity contribution in [3.63, 3.8) is 0 Å². The van der Waals surface area contributed by atoms with E-state index in [0.717, 1.165) is 4.88 Å². The number of nitrogens with zero attached hydrogens (tertiary/aromatic N) is 2. The molecule has 5 nitrogen and oxygen atoms in total. The van der Waals surface area contributed by atoms with Gasteiger partial charge in [-0.15, -0.1) is 35.3 Å². The summed E-state index contributed by atoms with van der Waals surface area (Å²) in [4.78, 5) is 8.36. The summed E-state index contributed by atoms with van der Waals surface area (Å²) < 4.78 is 46.3. The van der Waals surface area contributed by atoms with Crippen LogP contribution in [0.1, 0.15) is 20.9 Å². The molecule has 3 rings (SSSR count). The molecule has 1 fully saturated rings. The topological polar surface area (TPSA) is 48.9 Å². The maximum atomic E-state index is 13.7. The molecule has 1 aromatic heterocycles. The normalized spacial score (nSPS) is 15.0. The summed E-state index contributed by atoms with van der Waals surface area (Å²) in [5, 5.41) is 6.12. The molecule has 166 valence electrons. The van der Waals surface area contributed by atoms with Crippen molar-refractivity contribution in [1.29, 1.82) is 0 Å². The van der Waals surface area contributed by atoms with Gasteiger partial charge in [0.05, 0.1) is 25.3 Å². The minimum atomic E-state index is -4.43. The number of anilines is 1. The summed E-state index contributed by atoms with van der Waals surface area (Å²) in [6, 6.07) is 8.56. The van der Waals surface area contributed by atoms with Crippen molar-refractivity contribution < 1.29 is 17.9 Å². The van der Waals surface area contributed by atoms with E-state index < -0.39 is 11.7 Å². The van der Waals surface area contributed by atoms with E-state index in [0.29, 0.717) is 44.5 Å². The fourth-order valence-electron chi connectivity index (χ4n) is 3.15. The second-order valence-electron chi connectivity index (χ2n) is 6.73. The number of alkyl halides is 3. The molecule has 1 saturated heterocycles. The van der Waals surface area contributed by atoms with Crippen LogP contribution in [0.25, 0.3) is 0 Å². The van der Waals surface area contributed by atoms with Crippen LogP contribution in [-0.4, -0.2) is 39.3 Å². The zero-order chi connectivity index (χ0) is 20.9. The number of rotatable bonds is 5. The maximum absolute atomic E-state index is 13.7. The van der Waals surface area contributed by atoms with Gasteiger partial charge in [0.2, 0.25) is 0 Å². The Hall–Kier alpha value is -1.53. The Balaban J connectivity index is 0.00000320. The summed E-state index contributed by atoms with van der Waals surface area (Å²) in [7, 11) is 1.60. The number of nitrogens with one attached hydrogen (secondary N) is 2.